The molecule has 1 aliphatic carbocycles. The molecule has 1 aliphatic rings. The van der Waals surface area contributed by atoms with E-state index in [1.54, 1.807) is 18.2 Å². The maximum absolute atomic E-state index is 13.8. The van der Waals surface area contributed by atoms with E-state index < -0.39 is 6.10 Å². The van der Waals surface area contributed by atoms with E-state index >= 15 is 0 Å². The molecule has 0 aliphatic heterocycles. The number of hydrogen-bond acceptors (Lipinski definition) is 2. The van der Waals surface area contributed by atoms with Gasteiger partial charge in [-0.3, -0.25) is 0 Å². The first-order valence-corrected chi connectivity index (χ1v) is 7.26. The highest BCUT2D eigenvalue weighted by Gasteiger charge is 2.31. The zero-order chi connectivity index (χ0) is 13.8. The zero-order valence-electron chi connectivity index (χ0n) is 11.6. The van der Waals surface area contributed by atoms with Gasteiger partial charge in [0, 0.05) is 12.5 Å². The number of rotatable bonds is 4. The first-order chi connectivity index (χ1) is 9.13. The van der Waals surface area contributed by atoms with Gasteiger partial charge in [-0.05, 0) is 36.3 Å². The number of aliphatic hydroxyl groups is 1. The summed E-state index contributed by atoms with van der Waals surface area (Å²) in [6.07, 6.45) is 3.81. The molecule has 1 saturated carbocycles. The highest BCUT2D eigenvalue weighted by molar-refractivity contribution is 5.23. The molecule has 0 aromatic heterocycles. The van der Waals surface area contributed by atoms with E-state index in [0.29, 0.717) is 5.56 Å². The highest BCUT2D eigenvalue weighted by Crippen LogP contribution is 2.35. The minimum atomic E-state index is -0.533. The van der Waals surface area contributed by atoms with E-state index in [-0.39, 0.29) is 24.2 Å². The van der Waals surface area contributed by atoms with E-state index in [9.17, 15) is 9.50 Å². The maximum Gasteiger partial charge on any atom is 0.126 e. The van der Waals surface area contributed by atoms with Crippen LogP contribution in [0.1, 0.15) is 44.1 Å². The lowest BCUT2D eigenvalue weighted by atomic mass is 9.75. The average molecular weight is 265 g/mol. The van der Waals surface area contributed by atoms with Crippen molar-refractivity contribution < 1.29 is 9.50 Å². The average Bonchev–Trinajstić information content (AvgIpc) is 2.42. The molecule has 2 atom stereocenters. The van der Waals surface area contributed by atoms with E-state index in [2.05, 4.69) is 6.92 Å². The van der Waals surface area contributed by atoms with Gasteiger partial charge < -0.3 is 10.8 Å². The molecule has 1 fully saturated rings. The molecule has 0 radical (unpaired) electrons. The van der Waals surface area contributed by atoms with Crippen LogP contribution in [-0.2, 0) is 0 Å². The van der Waals surface area contributed by atoms with Crippen LogP contribution < -0.4 is 5.73 Å². The predicted octanol–water partition coefficient (Wildman–Crippen LogP) is 3.06. The second kappa shape index (κ2) is 6.49. The first-order valence-electron chi connectivity index (χ1n) is 7.26. The Morgan fingerprint density at radius 2 is 1.89 bits per heavy atom. The van der Waals surface area contributed by atoms with E-state index in [1.807, 2.05) is 0 Å². The number of aliphatic hydroxyl groups excluding tert-OH is 1. The van der Waals surface area contributed by atoms with E-state index in [0.717, 1.165) is 31.6 Å². The van der Waals surface area contributed by atoms with E-state index in [4.69, 9.17) is 5.73 Å². The lowest BCUT2D eigenvalue weighted by Gasteiger charge is -2.34. The number of nitrogens with two attached hydrogens (primary N) is 1. The standard InChI is InChI=1S/C16H24FNO/c1-11-6-8-12(9-7-11)16(19)14(10-18)13-4-2-3-5-15(13)17/h2-5,11-12,14,16,19H,6-10,18H2,1H3. The lowest BCUT2D eigenvalue weighted by Crippen LogP contribution is -2.34. The van der Waals surface area contributed by atoms with Crippen LogP contribution in [0.4, 0.5) is 4.39 Å². The fourth-order valence-electron chi connectivity index (χ4n) is 3.18. The Hall–Kier alpha value is -0.930. The summed E-state index contributed by atoms with van der Waals surface area (Å²) in [5.74, 6) is 0.443. The number of hydrogen-bond donors (Lipinski definition) is 2. The van der Waals surface area contributed by atoms with Gasteiger partial charge in [-0.1, -0.05) is 38.0 Å². The minimum Gasteiger partial charge on any atom is -0.392 e. The van der Waals surface area contributed by atoms with Gasteiger partial charge in [0.25, 0.3) is 0 Å². The maximum atomic E-state index is 13.8. The molecular formula is C16H24FNO. The third-order valence-corrected chi connectivity index (χ3v) is 4.51. The zero-order valence-corrected chi connectivity index (χ0v) is 11.6. The molecule has 0 bridgehead atoms. The molecule has 3 N–H and O–H groups in total. The third-order valence-electron chi connectivity index (χ3n) is 4.51. The molecule has 1 aromatic rings. The minimum absolute atomic E-state index is 0.254. The van der Waals surface area contributed by atoms with E-state index in [1.165, 1.54) is 6.07 Å². The lowest BCUT2D eigenvalue weighted by molar-refractivity contribution is 0.0539. The van der Waals surface area contributed by atoms with Crippen molar-refractivity contribution in [2.75, 3.05) is 6.54 Å². The van der Waals surface area contributed by atoms with Crippen molar-refractivity contribution in [2.24, 2.45) is 17.6 Å². The SMILES string of the molecule is CC1CCC(C(O)C(CN)c2ccccc2F)CC1. The molecule has 2 unspecified atom stereocenters. The van der Waals surface area contributed by atoms with Crippen molar-refractivity contribution in [3.8, 4) is 0 Å². The second-order valence-corrected chi connectivity index (χ2v) is 5.87. The Morgan fingerprint density at radius 3 is 2.47 bits per heavy atom. The van der Waals surface area contributed by atoms with Gasteiger partial charge in [0.1, 0.15) is 5.82 Å². The molecule has 1 aromatic carbocycles. The Kier molecular flexibility index (Phi) is 4.94. The van der Waals surface area contributed by atoms with Crippen LogP contribution in [0.5, 0.6) is 0 Å². The summed E-state index contributed by atoms with van der Waals surface area (Å²) in [5.41, 5.74) is 6.33. The monoisotopic (exact) mass is 265 g/mol. The molecular weight excluding hydrogens is 241 g/mol. The third kappa shape index (κ3) is 3.34. The highest BCUT2D eigenvalue weighted by atomic mass is 19.1. The summed E-state index contributed by atoms with van der Waals surface area (Å²) in [7, 11) is 0. The van der Waals surface area contributed by atoms with Crippen LogP contribution in [0.25, 0.3) is 0 Å². The molecule has 2 nitrogen and oxygen atoms in total. The van der Waals surface area contributed by atoms with Gasteiger partial charge in [-0.25, -0.2) is 4.39 Å². The van der Waals surface area contributed by atoms with Crippen LogP contribution in [0, 0.1) is 17.7 Å². The Bertz CT molecular complexity index is 401. The Balaban J connectivity index is 2.11. The van der Waals surface area contributed by atoms with Crippen LogP contribution in [0.2, 0.25) is 0 Å². The van der Waals surface area contributed by atoms with Crippen LogP contribution in [0.3, 0.4) is 0 Å². The van der Waals surface area contributed by atoms with Gasteiger partial charge in [0.05, 0.1) is 6.10 Å². The summed E-state index contributed by atoms with van der Waals surface area (Å²) in [6, 6.07) is 6.65. The van der Waals surface area contributed by atoms with Crippen molar-refractivity contribution in [3.63, 3.8) is 0 Å². The van der Waals surface area contributed by atoms with Crippen molar-refractivity contribution in [3.05, 3.63) is 35.6 Å². The molecule has 3 heteroatoms. The Morgan fingerprint density at radius 1 is 1.26 bits per heavy atom. The summed E-state index contributed by atoms with van der Waals surface area (Å²) in [5, 5.41) is 10.6. The molecule has 0 saturated heterocycles. The topological polar surface area (TPSA) is 46.2 Å². The van der Waals surface area contributed by atoms with Gasteiger partial charge >= 0.3 is 0 Å². The first kappa shape index (κ1) is 14.5. The summed E-state index contributed by atoms with van der Waals surface area (Å²) in [4.78, 5) is 0. The molecule has 19 heavy (non-hydrogen) atoms. The normalized spacial score (nSPS) is 26.9. The predicted molar refractivity (Wildman–Crippen MR) is 75.3 cm³/mol. The largest absolute Gasteiger partial charge is 0.392 e. The fourth-order valence-corrected chi connectivity index (χ4v) is 3.18. The van der Waals surface area contributed by atoms with Crippen molar-refractivity contribution in [1.29, 1.82) is 0 Å². The molecule has 0 heterocycles. The molecule has 106 valence electrons. The summed E-state index contributed by atoms with van der Waals surface area (Å²) >= 11 is 0. The summed E-state index contributed by atoms with van der Waals surface area (Å²) in [6.45, 7) is 2.54. The molecule has 0 amide bonds. The van der Waals surface area contributed by atoms with Gasteiger partial charge in [-0.15, -0.1) is 0 Å². The van der Waals surface area contributed by atoms with Gasteiger partial charge in [-0.2, -0.15) is 0 Å². The van der Waals surface area contributed by atoms with Crippen molar-refractivity contribution >= 4 is 0 Å². The van der Waals surface area contributed by atoms with Crippen molar-refractivity contribution in [2.45, 2.75) is 44.6 Å². The fraction of sp³-hybridized carbons (Fsp3) is 0.625. The number of benzene rings is 1. The quantitative estimate of drug-likeness (QED) is 0.879. The number of halogens is 1. The van der Waals surface area contributed by atoms with Crippen LogP contribution in [-0.4, -0.2) is 17.8 Å². The second-order valence-electron chi connectivity index (χ2n) is 5.87. The van der Waals surface area contributed by atoms with Crippen molar-refractivity contribution in [1.82, 2.24) is 0 Å². The molecule has 0 spiro atoms. The summed E-state index contributed by atoms with van der Waals surface area (Å²) < 4.78 is 13.8. The van der Waals surface area contributed by atoms with Gasteiger partial charge in [0.15, 0.2) is 0 Å². The van der Waals surface area contributed by atoms with Crippen LogP contribution >= 0.6 is 0 Å². The smallest absolute Gasteiger partial charge is 0.126 e. The van der Waals surface area contributed by atoms with Crippen LogP contribution in [0.15, 0.2) is 24.3 Å². The Labute approximate surface area is 114 Å². The molecule has 2 rings (SSSR count). The van der Waals surface area contributed by atoms with Gasteiger partial charge in [0.2, 0.25) is 0 Å².